The number of amides is 2. The first-order valence-corrected chi connectivity index (χ1v) is 9.95. The zero-order valence-electron chi connectivity index (χ0n) is 15.6. The van der Waals surface area contributed by atoms with Crippen LogP contribution in [0.5, 0.6) is 0 Å². The van der Waals surface area contributed by atoms with Gasteiger partial charge in [-0.1, -0.05) is 6.07 Å². The Kier molecular flexibility index (Phi) is 4.94. The molecular weight excluding hydrogens is 358 g/mol. The third-order valence-corrected chi connectivity index (χ3v) is 5.62. The van der Waals surface area contributed by atoms with Gasteiger partial charge >= 0.3 is 6.03 Å². The van der Waals surface area contributed by atoms with Gasteiger partial charge in [-0.05, 0) is 44.0 Å². The Bertz CT molecular complexity index is 929. The Morgan fingerprint density at radius 2 is 2.15 bits per heavy atom. The summed E-state index contributed by atoms with van der Waals surface area (Å²) in [5, 5.41) is 7.55. The van der Waals surface area contributed by atoms with Crippen LogP contribution < -0.4 is 5.32 Å². The number of urea groups is 1. The number of thiophene rings is 1. The van der Waals surface area contributed by atoms with E-state index in [2.05, 4.69) is 34.5 Å². The molecule has 1 aliphatic rings. The maximum Gasteiger partial charge on any atom is 0.323 e. The van der Waals surface area contributed by atoms with Gasteiger partial charge in [-0.15, -0.1) is 11.3 Å². The normalized spacial score (nSPS) is 13.6. The van der Waals surface area contributed by atoms with Gasteiger partial charge in [-0.2, -0.15) is 5.10 Å². The number of anilines is 1. The van der Waals surface area contributed by atoms with Gasteiger partial charge < -0.3 is 4.90 Å². The molecule has 4 rings (SSSR count). The van der Waals surface area contributed by atoms with Crippen molar-refractivity contribution in [3.8, 4) is 0 Å². The number of hydrogen-bond donors (Lipinski definition) is 1. The SMILES string of the molecule is Cc1ccc(CN(Cc2ccccn2)C(=O)Nc2cc(C3CC3)nn2C)s1. The molecule has 1 N–H and O–H groups in total. The molecular formula is C20H23N5OS. The quantitative estimate of drug-likeness (QED) is 0.692. The van der Waals surface area contributed by atoms with E-state index in [1.165, 1.54) is 17.7 Å². The van der Waals surface area contributed by atoms with Crippen molar-refractivity contribution in [3.63, 3.8) is 0 Å². The van der Waals surface area contributed by atoms with Crippen LogP contribution in [0.3, 0.4) is 0 Å². The second kappa shape index (κ2) is 7.52. The average molecular weight is 382 g/mol. The summed E-state index contributed by atoms with van der Waals surface area (Å²) in [5.74, 6) is 1.29. The lowest BCUT2D eigenvalue weighted by Gasteiger charge is -2.22. The fraction of sp³-hybridized carbons (Fsp3) is 0.350. The van der Waals surface area contributed by atoms with Crippen molar-refractivity contribution < 1.29 is 4.79 Å². The molecule has 1 fully saturated rings. The second-order valence-corrected chi connectivity index (χ2v) is 8.34. The average Bonchev–Trinajstić information content (AvgIpc) is 3.34. The minimum absolute atomic E-state index is 0.142. The zero-order valence-corrected chi connectivity index (χ0v) is 16.4. The summed E-state index contributed by atoms with van der Waals surface area (Å²) in [6.45, 7) is 3.08. The molecule has 3 aromatic rings. The van der Waals surface area contributed by atoms with Gasteiger partial charge in [0.15, 0.2) is 0 Å². The zero-order chi connectivity index (χ0) is 18.8. The highest BCUT2D eigenvalue weighted by Crippen LogP contribution is 2.39. The molecule has 27 heavy (non-hydrogen) atoms. The number of aryl methyl sites for hydroxylation is 2. The number of nitrogens with zero attached hydrogens (tertiary/aromatic N) is 4. The summed E-state index contributed by atoms with van der Waals surface area (Å²) in [5.41, 5.74) is 1.93. The maximum absolute atomic E-state index is 13.0. The smallest absolute Gasteiger partial charge is 0.313 e. The number of rotatable bonds is 6. The summed E-state index contributed by atoms with van der Waals surface area (Å²) >= 11 is 1.71. The highest BCUT2D eigenvalue weighted by atomic mass is 32.1. The van der Waals surface area contributed by atoms with Crippen LogP contribution >= 0.6 is 11.3 Å². The molecule has 1 saturated carbocycles. The highest BCUT2D eigenvalue weighted by Gasteiger charge is 2.27. The van der Waals surface area contributed by atoms with Gasteiger partial charge in [-0.25, -0.2) is 4.79 Å². The van der Waals surface area contributed by atoms with E-state index in [-0.39, 0.29) is 6.03 Å². The first-order chi connectivity index (χ1) is 13.1. The largest absolute Gasteiger partial charge is 0.323 e. The monoisotopic (exact) mass is 381 g/mol. The molecule has 0 unspecified atom stereocenters. The van der Waals surface area contributed by atoms with Crippen molar-refractivity contribution in [3.05, 3.63) is 63.7 Å². The Hall–Kier alpha value is -2.67. The van der Waals surface area contributed by atoms with Crippen LogP contribution in [0.4, 0.5) is 10.6 Å². The van der Waals surface area contributed by atoms with Gasteiger partial charge in [0, 0.05) is 35.0 Å². The standard InChI is InChI=1S/C20H23N5OS/c1-14-6-9-17(27-14)13-25(12-16-5-3-4-10-21-16)20(26)22-19-11-18(15-7-8-15)23-24(19)2/h3-6,9-11,15H,7-8,12-13H2,1-2H3,(H,22,26). The predicted molar refractivity (Wildman–Crippen MR) is 107 cm³/mol. The molecule has 2 amide bonds. The predicted octanol–water partition coefficient (Wildman–Crippen LogP) is 4.30. The molecule has 0 saturated heterocycles. The molecule has 0 atom stereocenters. The first-order valence-electron chi connectivity index (χ1n) is 9.13. The Labute approximate surface area is 162 Å². The summed E-state index contributed by atoms with van der Waals surface area (Å²) in [4.78, 5) is 21.6. The van der Waals surface area contributed by atoms with Crippen LogP contribution in [0.1, 0.15) is 39.9 Å². The van der Waals surface area contributed by atoms with E-state index in [0.29, 0.717) is 19.0 Å². The number of nitrogens with one attached hydrogen (secondary N) is 1. The molecule has 6 nitrogen and oxygen atoms in total. The number of carbonyl (C=O) groups excluding carboxylic acids is 1. The van der Waals surface area contributed by atoms with Crippen molar-refractivity contribution in [1.82, 2.24) is 19.7 Å². The van der Waals surface area contributed by atoms with Crippen LogP contribution in [0.25, 0.3) is 0 Å². The van der Waals surface area contributed by atoms with Crippen LogP contribution in [0.15, 0.2) is 42.6 Å². The number of pyridine rings is 1. The van der Waals surface area contributed by atoms with Crippen molar-refractivity contribution in [2.24, 2.45) is 7.05 Å². The number of hydrogen-bond acceptors (Lipinski definition) is 4. The van der Waals surface area contributed by atoms with Gasteiger partial charge in [0.05, 0.1) is 24.5 Å². The summed E-state index contributed by atoms with van der Waals surface area (Å²) in [6, 6.07) is 11.8. The Morgan fingerprint density at radius 1 is 1.30 bits per heavy atom. The Morgan fingerprint density at radius 3 is 2.81 bits per heavy atom. The Balaban J connectivity index is 1.52. The lowest BCUT2D eigenvalue weighted by Crippen LogP contribution is -2.34. The molecule has 0 aliphatic heterocycles. The van der Waals surface area contributed by atoms with Gasteiger partial charge in [0.2, 0.25) is 0 Å². The number of carbonyl (C=O) groups is 1. The molecule has 0 spiro atoms. The second-order valence-electron chi connectivity index (χ2n) is 6.97. The van der Waals surface area contributed by atoms with Crippen molar-refractivity contribution in [2.45, 2.75) is 38.8 Å². The van der Waals surface area contributed by atoms with E-state index >= 15 is 0 Å². The van der Waals surface area contributed by atoms with Crippen LogP contribution in [0.2, 0.25) is 0 Å². The van der Waals surface area contributed by atoms with E-state index < -0.39 is 0 Å². The van der Waals surface area contributed by atoms with E-state index in [9.17, 15) is 4.79 Å². The molecule has 0 bridgehead atoms. The van der Waals surface area contributed by atoms with Crippen LogP contribution in [-0.2, 0) is 20.1 Å². The molecule has 1 aliphatic carbocycles. The summed E-state index contributed by atoms with van der Waals surface area (Å²) in [7, 11) is 1.87. The third kappa shape index (κ3) is 4.36. The van der Waals surface area contributed by atoms with Gasteiger partial charge in [0.1, 0.15) is 5.82 Å². The van der Waals surface area contributed by atoms with Crippen molar-refractivity contribution in [2.75, 3.05) is 5.32 Å². The van der Waals surface area contributed by atoms with Crippen LogP contribution in [-0.4, -0.2) is 25.7 Å². The molecule has 3 heterocycles. The van der Waals surface area contributed by atoms with E-state index in [0.717, 1.165) is 22.1 Å². The van der Waals surface area contributed by atoms with Crippen molar-refractivity contribution >= 4 is 23.2 Å². The number of aromatic nitrogens is 3. The minimum atomic E-state index is -0.142. The van der Waals surface area contributed by atoms with E-state index in [1.807, 2.05) is 31.3 Å². The highest BCUT2D eigenvalue weighted by molar-refractivity contribution is 7.11. The summed E-state index contributed by atoms with van der Waals surface area (Å²) < 4.78 is 1.75. The lowest BCUT2D eigenvalue weighted by molar-refractivity contribution is 0.206. The fourth-order valence-corrected chi connectivity index (χ4v) is 3.92. The summed E-state index contributed by atoms with van der Waals surface area (Å²) in [6.07, 6.45) is 4.13. The molecule has 0 radical (unpaired) electrons. The van der Waals surface area contributed by atoms with Gasteiger partial charge in [-0.3, -0.25) is 15.0 Å². The molecule has 140 valence electrons. The fourth-order valence-electron chi connectivity index (χ4n) is 3.02. The first kappa shape index (κ1) is 17.7. The topological polar surface area (TPSA) is 63.1 Å². The molecule has 3 aromatic heterocycles. The molecule has 0 aromatic carbocycles. The lowest BCUT2D eigenvalue weighted by atomic mass is 10.3. The maximum atomic E-state index is 13.0. The minimum Gasteiger partial charge on any atom is -0.313 e. The third-order valence-electron chi connectivity index (χ3n) is 4.64. The van der Waals surface area contributed by atoms with E-state index in [4.69, 9.17) is 0 Å². The van der Waals surface area contributed by atoms with Crippen LogP contribution in [0, 0.1) is 6.92 Å². The van der Waals surface area contributed by atoms with Gasteiger partial charge in [0.25, 0.3) is 0 Å². The van der Waals surface area contributed by atoms with E-state index in [1.54, 1.807) is 27.1 Å². The molecule has 7 heteroatoms. The van der Waals surface area contributed by atoms with Crippen molar-refractivity contribution in [1.29, 1.82) is 0 Å².